The Morgan fingerprint density at radius 2 is 2.44 bits per heavy atom. The SMILES string of the molecule is O=C(NCc1nccs1)c1ccc2c(c1)NCC2. The largest absolute Gasteiger partial charge is 0.384 e. The molecule has 2 N–H and O–H groups in total. The zero-order valence-electron chi connectivity index (χ0n) is 9.77. The average Bonchev–Trinajstić information content (AvgIpc) is 3.05. The van der Waals surface area contributed by atoms with Gasteiger partial charge in [0.15, 0.2) is 0 Å². The zero-order chi connectivity index (χ0) is 12.4. The molecule has 0 atom stereocenters. The Bertz CT molecular complexity index is 566. The Balaban J connectivity index is 1.69. The van der Waals surface area contributed by atoms with Gasteiger partial charge in [0.2, 0.25) is 0 Å². The molecule has 0 saturated heterocycles. The highest BCUT2D eigenvalue weighted by molar-refractivity contribution is 7.09. The highest BCUT2D eigenvalue weighted by atomic mass is 32.1. The van der Waals surface area contributed by atoms with Crippen LogP contribution in [0.2, 0.25) is 0 Å². The van der Waals surface area contributed by atoms with Crippen LogP contribution in [0.5, 0.6) is 0 Å². The molecule has 2 heterocycles. The summed E-state index contributed by atoms with van der Waals surface area (Å²) < 4.78 is 0. The number of thiazole rings is 1. The molecule has 0 spiro atoms. The summed E-state index contributed by atoms with van der Waals surface area (Å²) in [4.78, 5) is 16.1. The molecule has 1 amide bonds. The van der Waals surface area contributed by atoms with E-state index in [2.05, 4.69) is 15.6 Å². The van der Waals surface area contributed by atoms with Crippen LogP contribution >= 0.6 is 11.3 Å². The molecule has 92 valence electrons. The lowest BCUT2D eigenvalue weighted by atomic mass is 10.1. The number of amides is 1. The molecule has 1 aliphatic rings. The first-order valence-electron chi connectivity index (χ1n) is 5.86. The number of rotatable bonds is 3. The summed E-state index contributed by atoms with van der Waals surface area (Å²) in [6.45, 7) is 1.44. The van der Waals surface area contributed by atoms with Crippen LogP contribution in [0.15, 0.2) is 29.8 Å². The number of carbonyl (C=O) groups is 1. The van der Waals surface area contributed by atoms with Gasteiger partial charge in [-0.3, -0.25) is 4.79 Å². The molecule has 1 aromatic heterocycles. The molecule has 4 nitrogen and oxygen atoms in total. The Morgan fingerprint density at radius 3 is 3.28 bits per heavy atom. The van der Waals surface area contributed by atoms with Crippen LogP contribution in [-0.4, -0.2) is 17.4 Å². The van der Waals surface area contributed by atoms with E-state index in [4.69, 9.17) is 0 Å². The van der Waals surface area contributed by atoms with E-state index < -0.39 is 0 Å². The second kappa shape index (κ2) is 4.78. The van der Waals surface area contributed by atoms with Crippen molar-refractivity contribution in [2.75, 3.05) is 11.9 Å². The summed E-state index contributed by atoms with van der Waals surface area (Å²) in [6.07, 6.45) is 2.78. The number of hydrogen-bond acceptors (Lipinski definition) is 4. The second-order valence-electron chi connectivity index (χ2n) is 4.16. The van der Waals surface area contributed by atoms with Crippen LogP contribution in [-0.2, 0) is 13.0 Å². The fourth-order valence-corrected chi connectivity index (χ4v) is 2.59. The Hall–Kier alpha value is -1.88. The Morgan fingerprint density at radius 1 is 1.50 bits per heavy atom. The Kier molecular flexibility index (Phi) is 2.98. The van der Waals surface area contributed by atoms with Crippen LogP contribution in [0.4, 0.5) is 5.69 Å². The third kappa shape index (κ3) is 2.22. The normalized spacial score (nSPS) is 12.9. The molecule has 1 aliphatic heterocycles. The molecule has 0 radical (unpaired) electrons. The third-order valence-electron chi connectivity index (χ3n) is 2.97. The smallest absolute Gasteiger partial charge is 0.251 e. The Labute approximate surface area is 109 Å². The van der Waals surface area contributed by atoms with E-state index in [1.807, 2.05) is 23.6 Å². The molecule has 18 heavy (non-hydrogen) atoms. The van der Waals surface area contributed by atoms with Gasteiger partial charge in [-0.15, -0.1) is 11.3 Å². The minimum Gasteiger partial charge on any atom is -0.384 e. The maximum Gasteiger partial charge on any atom is 0.251 e. The average molecular weight is 259 g/mol. The summed E-state index contributed by atoms with van der Waals surface area (Å²) in [7, 11) is 0. The number of nitrogens with one attached hydrogen (secondary N) is 2. The first-order chi connectivity index (χ1) is 8.83. The predicted octanol–water partition coefficient (Wildman–Crippen LogP) is 2.04. The second-order valence-corrected chi connectivity index (χ2v) is 5.14. The quantitative estimate of drug-likeness (QED) is 0.887. The standard InChI is InChI=1S/C13H13N3OS/c17-13(16-8-12-15-5-6-18-12)10-2-1-9-3-4-14-11(9)7-10/h1-2,5-7,14H,3-4,8H2,(H,16,17). The van der Waals surface area contributed by atoms with Crippen molar-refractivity contribution < 1.29 is 4.79 Å². The minimum absolute atomic E-state index is 0.0540. The van der Waals surface area contributed by atoms with Gasteiger partial charge in [0.1, 0.15) is 5.01 Å². The van der Waals surface area contributed by atoms with Crippen LogP contribution in [0.1, 0.15) is 20.9 Å². The first-order valence-corrected chi connectivity index (χ1v) is 6.74. The molecule has 0 bridgehead atoms. The van der Waals surface area contributed by atoms with E-state index in [-0.39, 0.29) is 5.91 Å². The van der Waals surface area contributed by atoms with Gasteiger partial charge < -0.3 is 10.6 Å². The molecule has 2 aromatic rings. The van der Waals surface area contributed by atoms with Crippen molar-refractivity contribution in [3.8, 4) is 0 Å². The van der Waals surface area contributed by atoms with Crippen LogP contribution < -0.4 is 10.6 Å². The van der Waals surface area contributed by atoms with E-state index >= 15 is 0 Å². The maximum atomic E-state index is 12.0. The third-order valence-corrected chi connectivity index (χ3v) is 3.75. The van der Waals surface area contributed by atoms with Crippen molar-refractivity contribution in [2.45, 2.75) is 13.0 Å². The maximum absolute atomic E-state index is 12.0. The lowest BCUT2D eigenvalue weighted by Crippen LogP contribution is -2.22. The lowest BCUT2D eigenvalue weighted by molar-refractivity contribution is 0.0951. The molecule has 0 fully saturated rings. The summed E-state index contributed by atoms with van der Waals surface area (Å²) in [5.41, 5.74) is 3.06. The summed E-state index contributed by atoms with van der Waals surface area (Å²) in [5.74, 6) is -0.0540. The first kappa shape index (κ1) is 11.2. The fraction of sp³-hybridized carbons (Fsp3) is 0.231. The molecular formula is C13H13N3OS. The van der Waals surface area contributed by atoms with Crippen molar-refractivity contribution in [1.82, 2.24) is 10.3 Å². The van der Waals surface area contributed by atoms with Gasteiger partial charge in [-0.25, -0.2) is 4.98 Å². The highest BCUT2D eigenvalue weighted by Gasteiger charge is 2.13. The molecule has 5 heteroatoms. The molecular weight excluding hydrogens is 246 g/mol. The van der Waals surface area contributed by atoms with E-state index in [1.165, 1.54) is 5.56 Å². The molecule has 0 unspecified atom stereocenters. The molecule has 0 aliphatic carbocycles. The predicted molar refractivity (Wildman–Crippen MR) is 71.9 cm³/mol. The van der Waals surface area contributed by atoms with Crippen molar-refractivity contribution >= 4 is 22.9 Å². The van der Waals surface area contributed by atoms with Gasteiger partial charge in [0.25, 0.3) is 5.91 Å². The van der Waals surface area contributed by atoms with Crippen molar-refractivity contribution in [3.05, 3.63) is 45.9 Å². The summed E-state index contributed by atoms with van der Waals surface area (Å²) >= 11 is 1.54. The number of anilines is 1. The highest BCUT2D eigenvalue weighted by Crippen LogP contribution is 2.23. The van der Waals surface area contributed by atoms with Gasteiger partial charge in [0, 0.05) is 29.4 Å². The van der Waals surface area contributed by atoms with E-state index in [0.29, 0.717) is 12.1 Å². The van der Waals surface area contributed by atoms with Gasteiger partial charge in [-0.2, -0.15) is 0 Å². The van der Waals surface area contributed by atoms with Gasteiger partial charge >= 0.3 is 0 Å². The van der Waals surface area contributed by atoms with Crippen molar-refractivity contribution in [3.63, 3.8) is 0 Å². The molecule has 1 aromatic carbocycles. The van der Waals surface area contributed by atoms with Crippen molar-refractivity contribution in [1.29, 1.82) is 0 Å². The van der Waals surface area contributed by atoms with Crippen LogP contribution in [0.25, 0.3) is 0 Å². The van der Waals surface area contributed by atoms with E-state index in [9.17, 15) is 4.79 Å². The number of fused-ring (bicyclic) bond motifs is 1. The minimum atomic E-state index is -0.0540. The number of nitrogens with zero attached hydrogens (tertiary/aromatic N) is 1. The van der Waals surface area contributed by atoms with E-state index in [0.717, 1.165) is 23.7 Å². The van der Waals surface area contributed by atoms with Crippen LogP contribution in [0, 0.1) is 0 Å². The fourth-order valence-electron chi connectivity index (χ4n) is 2.03. The van der Waals surface area contributed by atoms with Gasteiger partial charge in [-0.05, 0) is 24.1 Å². The number of hydrogen-bond donors (Lipinski definition) is 2. The summed E-state index contributed by atoms with van der Waals surface area (Å²) in [5, 5.41) is 8.97. The van der Waals surface area contributed by atoms with Gasteiger partial charge in [-0.1, -0.05) is 6.07 Å². The number of carbonyl (C=O) groups excluding carboxylic acids is 1. The zero-order valence-corrected chi connectivity index (χ0v) is 10.6. The van der Waals surface area contributed by atoms with Gasteiger partial charge in [0.05, 0.1) is 6.54 Å². The molecule has 0 saturated carbocycles. The van der Waals surface area contributed by atoms with E-state index in [1.54, 1.807) is 17.5 Å². The monoisotopic (exact) mass is 259 g/mol. The lowest BCUT2D eigenvalue weighted by Gasteiger charge is -2.05. The number of benzene rings is 1. The topological polar surface area (TPSA) is 54.0 Å². The molecule has 3 rings (SSSR count). The number of aromatic nitrogens is 1. The van der Waals surface area contributed by atoms with Crippen molar-refractivity contribution in [2.24, 2.45) is 0 Å². The van der Waals surface area contributed by atoms with Crippen LogP contribution in [0.3, 0.4) is 0 Å². The summed E-state index contributed by atoms with van der Waals surface area (Å²) in [6, 6.07) is 5.82.